The van der Waals surface area contributed by atoms with Gasteiger partial charge in [-0.2, -0.15) is 0 Å². The zero-order chi connectivity index (χ0) is 13.2. The fourth-order valence-electron chi connectivity index (χ4n) is 2.83. The average molecular weight is 258 g/mol. The molecular weight excluding hydrogens is 240 g/mol. The quantitative estimate of drug-likeness (QED) is 0.599. The Morgan fingerprint density at radius 3 is 2.74 bits per heavy atom. The second kappa shape index (κ2) is 5.03. The van der Waals surface area contributed by atoms with E-state index in [0.717, 1.165) is 24.3 Å². The first-order valence-electron chi connectivity index (χ1n) is 6.52. The summed E-state index contributed by atoms with van der Waals surface area (Å²) in [6.07, 6.45) is 2.05. The van der Waals surface area contributed by atoms with Crippen LogP contribution in [0.2, 0.25) is 0 Å². The number of rotatable bonds is 2. The van der Waals surface area contributed by atoms with Crippen molar-refractivity contribution in [2.45, 2.75) is 12.0 Å². The van der Waals surface area contributed by atoms with Gasteiger partial charge in [-0.15, -0.1) is 0 Å². The van der Waals surface area contributed by atoms with Crippen LogP contribution in [0.4, 0.5) is 0 Å². The number of primary amides is 1. The summed E-state index contributed by atoms with van der Waals surface area (Å²) >= 11 is 0. The van der Waals surface area contributed by atoms with Crippen LogP contribution >= 0.6 is 0 Å². The molecule has 2 aliphatic rings. The van der Waals surface area contributed by atoms with Crippen molar-refractivity contribution in [1.82, 2.24) is 16.0 Å². The molecule has 2 heterocycles. The lowest BCUT2D eigenvalue weighted by atomic mass is 9.83. The van der Waals surface area contributed by atoms with E-state index in [1.807, 2.05) is 18.2 Å². The Morgan fingerprint density at radius 1 is 1.26 bits per heavy atom. The van der Waals surface area contributed by atoms with Crippen LogP contribution in [0, 0.1) is 0 Å². The van der Waals surface area contributed by atoms with Crippen LogP contribution in [-0.4, -0.2) is 25.7 Å². The second-order valence-corrected chi connectivity index (χ2v) is 4.95. The number of carbonyl (C=O) groups is 1. The summed E-state index contributed by atoms with van der Waals surface area (Å²) in [5.41, 5.74) is 8.93. The van der Waals surface area contributed by atoms with Gasteiger partial charge < -0.3 is 16.4 Å². The van der Waals surface area contributed by atoms with Crippen molar-refractivity contribution >= 4 is 5.91 Å². The summed E-state index contributed by atoms with van der Waals surface area (Å²) < 4.78 is 0. The van der Waals surface area contributed by atoms with Gasteiger partial charge in [-0.05, 0) is 22.9 Å². The molecule has 0 radical (unpaired) electrons. The standard InChI is InChI=1S/C14H18N4O/c15-14(19)12-7-18-13(9-5-16-8-17-6-9)11-4-2-1-3-10(11)12/h1-5,12-13,16-18H,6-8H2,(H2,15,19). The fourth-order valence-corrected chi connectivity index (χ4v) is 2.83. The van der Waals surface area contributed by atoms with E-state index < -0.39 is 0 Å². The SMILES string of the molecule is NC(=O)C1CNC(C2=CNCNC2)c2ccccc21. The third-order valence-corrected chi connectivity index (χ3v) is 3.77. The van der Waals surface area contributed by atoms with Gasteiger partial charge in [0.05, 0.1) is 18.6 Å². The molecule has 100 valence electrons. The number of nitrogens with two attached hydrogens (primary N) is 1. The number of amides is 1. The maximum absolute atomic E-state index is 11.5. The lowest BCUT2D eigenvalue weighted by Crippen LogP contribution is -2.43. The van der Waals surface area contributed by atoms with Crippen LogP contribution in [0.3, 0.4) is 0 Å². The molecule has 0 saturated heterocycles. The molecule has 5 N–H and O–H groups in total. The Hall–Kier alpha value is -1.85. The average Bonchev–Trinajstić information content (AvgIpc) is 2.47. The Bertz CT molecular complexity index is 526. The molecular formula is C14H18N4O. The van der Waals surface area contributed by atoms with Crippen molar-refractivity contribution in [3.05, 3.63) is 47.2 Å². The first-order valence-corrected chi connectivity index (χ1v) is 6.52. The van der Waals surface area contributed by atoms with Gasteiger partial charge >= 0.3 is 0 Å². The lowest BCUT2D eigenvalue weighted by Gasteiger charge is -2.34. The molecule has 1 aromatic carbocycles. The minimum absolute atomic E-state index is 0.145. The van der Waals surface area contributed by atoms with E-state index in [4.69, 9.17) is 5.73 Å². The summed E-state index contributed by atoms with van der Waals surface area (Å²) in [5, 5.41) is 9.91. The predicted octanol–water partition coefficient (Wildman–Crippen LogP) is -0.0660. The van der Waals surface area contributed by atoms with Gasteiger partial charge in [0.15, 0.2) is 0 Å². The molecule has 5 nitrogen and oxygen atoms in total. The van der Waals surface area contributed by atoms with Crippen molar-refractivity contribution in [3.63, 3.8) is 0 Å². The minimum atomic E-state index is -0.271. The van der Waals surface area contributed by atoms with Crippen LogP contribution in [0.1, 0.15) is 23.1 Å². The molecule has 0 saturated carbocycles. The highest BCUT2D eigenvalue weighted by Gasteiger charge is 2.31. The number of carbonyl (C=O) groups excluding carboxylic acids is 1. The third kappa shape index (κ3) is 2.22. The van der Waals surface area contributed by atoms with Crippen LogP contribution in [0.5, 0.6) is 0 Å². The van der Waals surface area contributed by atoms with Crippen LogP contribution < -0.4 is 21.7 Å². The van der Waals surface area contributed by atoms with E-state index in [1.54, 1.807) is 0 Å². The van der Waals surface area contributed by atoms with Crippen LogP contribution in [-0.2, 0) is 4.79 Å². The number of benzene rings is 1. The Balaban J connectivity index is 1.99. The second-order valence-electron chi connectivity index (χ2n) is 4.95. The molecule has 0 bridgehead atoms. The summed E-state index contributed by atoms with van der Waals surface area (Å²) in [7, 11) is 0. The molecule has 0 fully saturated rings. The van der Waals surface area contributed by atoms with E-state index >= 15 is 0 Å². The molecule has 0 spiro atoms. The molecule has 2 unspecified atom stereocenters. The number of fused-ring (bicyclic) bond motifs is 1. The highest BCUT2D eigenvalue weighted by molar-refractivity contribution is 5.83. The summed E-state index contributed by atoms with van der Waals surface area (Å²) in [6, 6.07) is 8.18. The third-order valence-electron chi connectivity index (χ3n) is 3.77. The number of hydrogen-bond acceptors (Lipinski definition) is 4. The largest absolute Gasteiger partial charge is 0.378 e. The predicted molar refractivity (Wildman–Crippen MR) is 73.2 cm³/mol. The number of hydrogen-bond donors (Lipinski definition) is 4. The molecule has 2 atom stereocenters. The summed E-state index contributed by atoms with van der Waals surface area (Å²) in [6.45, 7) is 2.23. The zero-order valence-electron chi connectivity index (χ0n) is 10.6. The first kappa shape index (κ1) is 12.2. The molecule has 3 rings (SSSR count). The van der Waals surface area contributed by atoms with E-state index in [0.29, 0.717) is 6.54 Å². The minimum Gasteiger partial charge on any atom is -0.378 e. The maximum atomic E-state index is 11.5. The fraction of sp³-hybridized carbons (Fsp3) is 0.357. The number of nitrogens with one attached hydrogen (secondary N) is 3. The van der Waals surface area contributed by atoms with Gasteiger partial charge in [-0.25, -0.2) is 0 Å². The maximum Gasteiger partial charge on any atom is 0.226 e. The van der Waals surface area contributed by atoms with Crippen LogP contribution in [0.15, 0.2) is 36.0 Å². The van der Waals surface area contributed by atoms with Gasteiger partial charge in [-0.3, -0.25) is 10.1 Å². The van der Waals surface area contributed by atoms with Gasteiger partial charge in [0.2, 0.25) is 5.91 Å². The highest BCUT2D eigenvalue weighted by Crippen LogP contribution is 2.33. The van der Waals surface area contributed by atoms with E-state index in [9.17, 15) is 4.79 Å². The normalized spacial score (nSPS) is 26.0. The Morgan fingerprint density at radius 2 is 2.05 bits per heavy atom. The Labute approximate surface area is 112 Å². The van der Waals surface area contributed by atoms with Crippen molar-refractivity contribution < 1.29 is 4.79 Å². The van der Waals surface area contributed by atoms with E-state index in [2.05, 4.69) is 28.2 Å². The molecule has 0 aromatic heterocycles. The van der Waals surface area contributed by atoms with Crippen molar-refractivity contribution in [2.75, 3.05) is 19.8 Å². The molecule has 5 heteroatoms. The molecule has 2 aliphatic heterocycles. The highest BCUT2D eigenvalue weighted by atomic mass is 16.1. The van der Waals surface area contributed by atoms with Gasteiger partial charge in [0, 0.05) is 13.1 Å². The summed E-state index contributed by atoms with van der Waals surface area (Å²) in [4.78, 5) is 11.5. The van der Waals surface area contributed by atoms with Gasteiger partial charge in [0.1, 0.15) is 0 Å². The van der Waals surface area contributed by atoms with Crippen LogP contribution in [0.25, 0.3) is 0 Å². The van der Waals surface area contributed by atoms with Crippen molar-refractivity contribution in [1.29, 1.82) is 0 Å². The van der Waals surface area contributed by atoms with Gasteiger partial charge in [-0.1, -0.05) is 24.3 Å². The first-order chi connectivity index (χ1) is 9.27. The monoisotopic (exact) mass is 258 g/mol. The molecule has 1 amide bonds. The summed E-state index contributed by atoms with van der Waals surface area (Å²) in [5.74, 6) is -0.509. The van der Waals surface area contributed by atoms with E-state index in [1.165, 1.54) is 5.57 Å². The van der Waals surface area contributed by atoms with E-state index in [-0.39, 0.29) is 17.9 Å². The smallest absolute Gasteiger partial charge is 0.226 e. The molecule has 0 aliphatic carbocycles. The van der Waals surface area contributed by atoms with Crippen molar-refractivity contribution in [2.24, 2.45) is 5.73 Å². The topological polar surface area (TPSA) is 79.2 Å². The lowest BCUT2D eigenvalue weighted by molar-refractivity contribution is -0.119. The van der Waals surface area contributed by atoms with Crippen molar-refractivity contribution in [3.8, 4) is 0 Å². The zero-order valence-corrected chi connectivity index (χ0v) is 10.6. The molecule has 19 heavy (non-hydrogen) atoms. The molecule has 1 aromatic rings. The van der Waals surface area contributed by atoms with Gasteiger partial charge in [0.25, 0.3) is 0 Å². The Kier molecular flexibility index (Phi) is 3.23.